The van der Waals surface area contributed by atoms with Gasteiger partial charge in [-0.3, -0.25) is 9.59 Å². The molecule has 32 heavy (non-hydrogen) atoms. The average Bonchev–Trinajstić information content (AvgIpc) is 2.77. The minimum Gasteiger partial charge on any atom is -0.394 e. The predicted octanol–water partition coefficient (Wildman–Crippen LogP) is -1.18. The van der Waals surface area contributed by atoms with Crippen molar-refractivity contribution in [2.24, 2.45) is 0 Å². The molecule has 11 heteroatoms. The Morgan fingerprint density at radius 2 is 1.84 bits per heavy atom. The summed E-state index contributed by atoms with van der Waals surface area (Å²) in [6.07, 6.45) is -0.230. The fraction of sp³-hybridized carbons (Fsp3) is 0.905. The van der Waals surface area contributed by atoms with Crippen LogP contribution in [0.4, 0.5) is 0 Å². The summed E-state index contributed by atoms with van der Waals surface area (Å²) in [4.78, 5) is 23.5. The van der Waals surface area contributed by atoms with E-state index in [4.69, 9.17) is 18.9 Å². The van der Waals surface area contributed by atoms with Gasteiger partial charge in [0.05, 0.1) is 25.4 Å². The molecule has 2 aliphatic heterocycles. The number of carbonyl (C=O) groups excluding carboxylic acids is 2. The zero-order chi connectivity index (χ0) is 23.5. The number of amides is 2. The SMILES string of the molecule is COC[C@@H]1CCC[C@H](CNC(=O)CCCCOC2OC(CO)C(O)C(O)C2NC(C)=O)O1. The van der Waals surface area contributed by atoms with Gasteiger partial charge >= 0.3 is 0 Å². The number of aliphatic hydroxyl groups excluding tert-OH is 3. The van der Waals surface area contributed by atoms with Crippen molar-refractivity contribution in [1.29, 1.82) is 0 Å². The van der Waals surface area contributed by atoms with Gasteiger partial charge in [0.2, 0.25) is 11.8 Å². The summed E-state index contributed by atoms with van der Waals surface area (Å²) < 4.78 is 22.2. The van der Waals surface area contributed by atoms with E-state index in [9.17, 15) is 24.9 Å². The van der Waals surface area contributed by atoms with Gasteiger partial charge in [0.15, 0.2) is 6.29 Å². The van der Waals surface area contributed by atoms with E-state index in [1.807, 2.05) is 0 Å². The zero-order valence-corrected chi connectivity index (χ0v) is 18.9. The molecule has 0 radical (unpaired) electrons. The van der Waals surface area contributed by atoms with Crippen LogP contribution in [0, 0.1) is 0 Å². The molecule has 0 aromatic heterocycles. The molecule has 5 unspecified atom stereocenters. The Labute approximate surface area is 188 Å². The van der Waals surface area contributed by atoms with E-state index in [0.717, 1.165) is 19.3 Å². The maximum atomic E-state index is 12.1. The lowest BCUT2D eigenvalue weighted by molar-refractivity contribution is -0.270. The standard InChI is InChI=1S/C21H38N2O9/c1-13(25)23-18-20(28)19(27)16(11-24)32-21(18)30-9-4-3-8-17(26)22-10-14-6-5-7-15(31-14)12-29-2/h14-16,18-21,24,27-28H,3-12H2,1-2H3,(H,22,26)(H,23,25)/t14-,15+,16?,18?,19?,20?,21?/m1/s1. The summed E-state index contributed by atoms with van der Waals surface area (Å²) >= 11 is 0. The van der Waals surface area contributed by atoms with Crippen LogP contribution in [0.1, 0.15) is 45.4 Å². The van der Waals surface area contributed by atoms with E-state index in [1.54, 1.807) is 7.11 Å². The number of hydrogen-bond acceptors (Lipinski definition) is 9. The van der Waals surface area contributed by atoms with E-state index < -0.39 is 43.2 Å². The summed E-state index contributed by atoms with van der Waals surface area (Å²) in [6, 6.07) is -0.967. The predicted molar refractivity (Wildman–Crippen MR) is 113 cm³/mol. The van der Waals surface area contributed by atoms with Crippen LogP contribution < -0.4 is 10.6 Å². The molecule has 2 saturated heterocycles. The molecule has 2 fully saturated rings. The van der Waals surface area contributed by atoms with Gasteiger partial charge in [0, 0.05) is 33.6 Å². The van der Waals surface area contributed by atoms with Crippen LogP contribution in [-0.4, -0.2) is 103 Å². The monoisotopic (exact) mass is 462 g/mol. The molecule has 5 N–H and O–H groups in total. The lowest BCUT2D eigenvalue weighted by Crippen LogP contribution is -2.64. The first kappa shape index (κ1) is 26.9. The first-order chi connectivity index (χ1) is 15.3. The second-order valence-corrected chi connectivity index (χ2v) is 8.33. The molecular formula is C21H38N2O9. The van der Waals surface area contributed by atoms with E-state index in [2.05, 4.69) is 10.6 Å². The number of hydrogen-bond donors (Lipinski definition) is 5. The number of nitrogens with one attached hydrogen (secondary N) is 2. The van der Waals surface area contributed by atoms with Gasteiger partial charge in [-0.1, -0.05) is 0 Å². The number of rotatable bonds is 12. The fourth-order valence-electron chi connectivity index (χ4n) is 3.96. The van der Waals surface area contributed by atoms with Crippen molar-refractivity contribution in [2.75, 3.05) is 33.5 Å². The molecule has 2 heterocycles. The number of aliphatic hydroxyl groups is 3. The third-order valence-corrected chi connectivity index (χ3v) is 5.65. The van der Waals surface area contributed by atoms with Crippen molar-refractivity contribution in [3.8, 4) is 0 Å². The Morgan fingerprint density at radius 1 is 1.09 bits per heavy atom. The van der Waals surface area contributed by atoms with Crippen molar-refractivity contribution in [3.63, 3.8) is 0 Å². The topological polar surface area (TPSA) is 156 Å². The molecule has 0 aromatic rings. The first-order valence-electron chi connectivity index (χ1n) is 11.3. The molecule has 2 amide bonds. The van der Waals surface area contributed by atoms with Crippen molar-refractivity contribution in [2.45, 2.75) is 88.3 Å². The number of methoxy groups -OCH3 is 1. The van der Waals surface area contributed by atoms with Crippen molar-refractivity contribution in [1.82, 2.24) is 10.6 Å². The summed E-state index contributed by atoms with van der Waals surface area (Å²) in [5, 5.41) is 35.0. The maximum Gasteiger partial charge on any atom is 0.220 e. The minimum atomic E-state index is -1.35. The number of unbranched alkanes of at least 4 members (excludes halogenated alkanes) is 1. The van der Waals surface area contributed by atoms with Crippen LogP contribution >= 0.6 is 0 Å². The van der Waals surface area contributed by atoms with E-state index in [0.29, 0.717) is 32.4 Å². The quantitative estimate of drug-likeness (QED) is 0.225. The largest absolute Gasteiger partial charge is 0.394 e. The lowest BCUT2D eigenvalue weighted by atomic mass is 9.97. The second-order valence-electron chi connectivity index (χ2n) is 8.33. The molecule has 0 bridgehead atoms. The van der Waals surface area contributed by atoms with Crippen molar-refractivity contribution >= 4 is 11.8 Å². The number of ether oxygens (including phenoxy) is 4. The molecule has 0 spiro atoms. The first-order valence-corrected chi connectivity index (χ1v) is 11.3. The normalized spacial score (nSPS) is 33.0. The molecule has 186 valence electrons. The molecule has 0 aliphatic carbocycles. The van der Waals surface area contributed by atoms with Crippen LogP contribution in [-0.2, 0) is 28.5 Å². The molecular weight excluding hydrogens is 424 g/mol. The Hall–Kier alpha value is -1.34. The highest BCUT2D eigenvalue weighted by molar-refractivity contribution is 5.75. The van der Waals surface area contributed by atoms with Gasteiger partial charge in [0.25, 0.3) is 0 Å². The van der Waals surface area contributed by atoms with Gasteiger partial charge in [-0.25, -0.2) is 0 Å². The smallest absolute Gasteiger partial charge is 0.220 e. The molecule has 7 atom stereocenters. The van der Waals surface area contributed by atoms with Crippen LogP contribution in [0.2, 0.25) is 0 Å². The highest BCUT2D eigenvalue weighted by Gasteiger charge is 2.45. The van der Waals surface area contributed by atoms with Crippen LogP contribution in [0.25, 0.3) is 0 Å². The maximum absolute atomic E-state index is 12.1. The molecule has 0 saturated carbocycles. The molecule has 11 nitrogen and oxygen atoms in total. The summed E-state index contributed by atoms with van der Waals surface area (Å²) in [5.41, 5.74) is 0. The number of carbonyl (C=O) groups is 2. The van der Waals surface area contributed by atoms with Gasteiger partial charge in [0.1, 0.15) is 24.4 Å². The van der Waals surface area contributed by atoms with Crippen LogP contribution in [0.5, 0.6) is 0 Å². The third-order valence-electron chi connectivity index (χ3n) is 5.65. The fourth-order valence-corrected chi connectivity index (χ4v) is 3.96. The van der Waals surface area contributed by atoms with Gasteiger partial charge < -0.3 is 44.9 Å². The van der Waals surface area contributed by atoms with Gasteiger partial charge in [-0.2, -0.15) is 0 Å². The van der Waals surface area contributed by atoms with E-state index in [-0.39, 0.29) is 24.7 Å². The Balaban J connectivity index is 1.66. The molecule has 0 aromatic carbocycles. The van der Waals surface area contributed by atoms with Gasteiger partial charge in [-0.15, -0.1) is 0 Å². The molecule has 2 rings (SSSR count). The van der Waals surface area contributed by atoms with Crippen molar-refractivity contribution < 1.29 is 43.9 Å². The Kier molecular flexibility index (Phi) is 11.8. The average molecular weight is 463 g/mol. The lowest BCUT2D eigenvalue weighted by Gasteiger charge is -2.42. The van der Waals surface area contributed by atoms with Crippen LogP contribution in [0.3, 0.4) is 0 Å². The van der Waals surface area contributed by atoms with E-state index >= 15 is 0 Å². The summed E-state index contributed by atoms with van der Waals surface area (Å²) in [7, 11) is 1.65. The second kappa shape index (κ2) is 14.0. The highest BCUT2D eigenvalue weighted by atomic mass is 16.7. The van der Waals surface area contributed by atoms with Crippen molar-refractivity contribution in [3.05, 3.63) is 0 Å². The Morgan fingerprint density at radius 3 is 2.53 bits per heavy atom. The third kappa shape index (κ3) is 8.54. The minimum absolute atomic E-state index is 0.00610. The summed E-state index contributed by atoms with van der Waals surface area (Å²) in [5.74, 6) is -0.473. The highest BCUT2D eigenvalue weighted by Crippen LogP contribution is 2.22. The zero-order valence-electron chi connectivity index (χ0n) is 18.9. The van der Waals surface area contributed by atoms with Crippen LogP contribution in [0.15, 0.2) is 0 Å². The molecule has 2 aliphatic rings. The van der Waals surface area contributed by atoms with Gasteiger partial charge in [-0.05, 0) is 32.1 Å². The van der Waals surface area contributed by atoms with E-state index in [1.165, 1.54) is 6.92 Å². The summed E-state index contributed by atoms with van der Waals surface area (Å²) in [6.45, 7) is 2.05. The Bertz CT molecular complexity index is 577.